The predicted molar refractivity (Wildman–Crippen MR) is 160 cm³/mol. The van der Waals surface area contributed by atoms with Gasteiger partial charge in [-0.15, -0.1) is 0 Å². The van der Waals surface area contributed by atoms with Gasteiger partial charge in [0.1, 0.15) is 22.6 Å². The molecule has 0 aromatic heterocycles. The minimum absolute atomic E-state index is 0.0233. The van der Waals surface area contributed by atoms with Gasteiger partial charge in [0.2, 0.25) is 0 Å². The summed E-state index contributed by atoms with van der Waals surface area (Å²) >= 11 is 0. The topological polar surface area (TPSA) is 123 Å². The first kappa shape index (κ1) is 31.7. The molecule has 3 aromatic rings. The van der Waals surface area contributed by atoms with Gasteiger partial charge in [0, 0.05) is 30.0 Å². The lowest BCUT2D eigenvalue weighted by Crippen LogP contribution is -2.37. The molecule has 0 radical (unpaired) electrons. The molecule has 1 atom stereocenters. The van der Waals surface area contributed by atoms with Gasteiger partial charge in [-0.1, -0.05) is 6.07 Å². The van der Waals surface area contributed by atoms with E-state index in [1.165, 1.54) is 48.5 Å². The molecule has 0 aliphatic carbocycles. The van der Waals surface area contributed by atoms with Crippen LogP contribution in [0.2, 0.25) is 0 Å². The van der Waals surface area contributed by atoms with Gasteiger partial charge in [0.05, 0.1) is 48.1 Å². The van der Waals surface area contributed by atoms with Gasteiger partial charge in [-0.05, 0) is 80.1 Å². The Morgan fingerprint density at radius 2 is 1.65 bits per heavy atom. The average molecular weight is 611 g/mol. The second-order valence-corrected chi connectivity index (χ2v) is 11.0. The quantitative estimate of drug-likeness (QED) is 0.197. The van der Waals surface area contributed by atoms with Crippen molar-refractivity contribution in [1.29, 1.82) is 0 Å². The highest BCUT2D eigenvalue weighted by molar-refractivity contribution is 7.82. The maximum atomic E-state index is 14.0. The van der Waals surface area contributed by atoms with E-state index in [1.807, 2.05) is 6.92 Å². The highest BCUT2D eigenvalue weighted by Crippen LogP contribution is 2.25. The Morgan fingerprint density at radius 3 is 2.28 bits per heavy atom. The summed E-state index contributed by atoms with van der Waals surface area (Å²) in [6.07, 6.45) is -0.430. The molecule has 12 heteroatoms. The van der Waals surface area contributed by atoms with Crippen LogP contribution in [0.1, 0.15) is 24.5 Å². The van der Waals surface area contributed by atoms with Gasteiger partial charge in [-0.3, -0.25) is 9.59 Å². The van der Waals surface area contributed by atoms with Crippen LogP contribution in [0.15, 0.2) is 87.9 Å². The van der Waals surface area contributed by atoms with Gasteiger partial charge in [-0.2, -0.15) is 0 Å². The van der Waals surface area contributed by atoms with Crippen LogP contribution in [0.5, 0.6) is 0 Å². The molecule has 1 aliphatic rings. The summed E-state index contributed by atoms with van der Waals surface area (Å²) in [6.45, 7) is 5.50. The normalized spacial score (nSPS) is 15.4. The molecule has 1 aliphatic heterocycles. The van der Waals surface area contributed by atoms with E-state index in [4.69, 9.17) is 15.2 Å². The van der Waals surface area contributed by atoms with E-state index in [2.05, 4.69) is 10.3 Å². The zero-order chi connectivity index (χ0) is 30.9. The number of halogens is 2. The monoisotopic (exact) mass is 610 g/mol. The standard InChI is InChI=1S/C31H32F2N4O5S/c1-3-42-28(38)19-26(34)29(30(21-5-7-22(32)8-6-21)35-24-12-9-23(33)10-13-24)31(39)36-25-11-4-20(2)27(18-25)43(40)37-14-16-41-17-15-37/h4-13,18H,3,14-17,19,34H2,1-2H3,(H,36,39). The van der Waals surface area contributed by atoms with Gasteiger partial charge in [0.25, 0.3) is 5.91 Å². The number of carbonyl (C=O) groups excluding carboxylic acids is 2. The Balaban J connectivity index is 1.78. The number of hydrogen-bond donors (Lipinski definition) is 2. The highest BCUT2D eigenvalue weighted by Gasteiger charge is 2.25. The van der Waals surface area contributed by atoms with E-state index in [9.17, 15) is 22.6 Å². The van der Waals surface area contributed by atoms with E-state index in [0.717, 1.165) is 5.56 Å². The number of morpholine rings is 1. The summed E-state index contributed by atoms with van der Waals surface area (Å²) in [7, 11) is -1.49. The van der Waals surface area contributed by atoms with Gasteiger partial charge in [0.15, 0.2) is 0 Å². The maximum absolute atomic E-state index is 14.0. The first-order valence-corrected chi connectivity index (χ1v) is 14.7. The lowest BCUT2D eigenvalue weighted by Gasteiger charge is -2.26. The van der Waals surface area contributed by atoms with E-state index in [1.54, 1.807) is 29.4 Å². The molecule has 0 bridgehead atoms. The second kappa shape index (κ2) is 14.8. The van der Waals surface area contributed by atoms with Gasteiger partial charge >= 0.3 is 5.97 Å². The molecule has 1 heterocycles. The van der Waals surface area contributed by atoms with Crippen molar-refractivity contribution in [2.24, 2.45) is 10.7 Å². The fourth-order valence-corrected chi connectivity index (χ4v) is 5.62. The number of nitrogens with two attached hydrogens (primary N) is 1. The number of anilines is 1. The number of rotatable bonds is 10. The van der Waals surface area contributed by atoms with Gasteiger partial charge in [-0.25, -0.2) is 22.3 Å². The van der Waals surface area contributed by atoms with Crippen molar-refractivity contribution < 1.29 is 32.1 Å². The van der Waals surface area contributed by atoms with Crippen molar-refractivity contribution >= 4 is 39.9 Å². The molecule has 3 aromatic carbocycles. The van der Waals surface area contributed by atoms with E-state index in [0.29, 0.717) is 42.4 Å². The highest BCUT2D eigenvalue weighted by atomic mass is 32.2. The molecule has 0 spiro atoms. The summed E-state index contributed by atoms with van der Waals surface area (Å²) in [6, 6.07) is 15.4. The number of nitrogens with one attached hydrogen (secondary N) is 1. The summed E-state index contributed by atoms with van der Waals surface area (Å²) < 4.78 is 53.0. The first-order valence-electron chi connectivity index (χ1n) is 13.6. The van der Waals surface area contributed by atoms with Crippen molar-refractivity contribution in [3.63, 3.8) is 0 Å². The smallest absolute Gasteiger partial charge is 0.311 e. The third-order valence-corrected chi connectivity index (χ3v) is 8.10. The van der Waals surface area contributed by atoms with Crippen LogP contribution in [0.4, 0.5) is 20.2 Å². The van der Waals surface area contributed by atoms with E-state index in [-0.39, 0.29) is 29.3 Å². The summed E-state index contributed by atoms with van der Waals surface area (Å²) in [5, 5.41) is 2.79. The molecule has 1 fully saturated rings. The molecule has 0 saturated carbocycles. The van der Waals surface area contributed by atoms with Crippen molar-refractivity contribution in [1.82, 2.24) is 4.31 Å². The van der Waals surface area contributed by atoms with Gasteiger partial charge < -0.3 is 20.5 Å². The van der Waals surface area contributed by atoms with Crippen molar-refractivity contribution in [3.8, 4) is 0 Å². The van der Waals surface area contributed by atoms with Crippen LogP contribution in [-0.2, 0) is 30.0 Å². The summed E-state index contributed by atoms with van der Waals surface area (Å²) in [5.41, 5.74) is 7.80. The number of ether oxygens (including phenoxy) is 2. The third-order valence-electron chi connectivity index (χ3n) is 6.45. The van der Waals surface area contributed by atoms with Crippen LogP contribution < -0.4 is 11.1 Å². The van der Waals surface area contributed by atoms with Crippen LogP contribution >= 0.6 is 0 Å². The number of carbonyl (C=O) groups is 2. The molecule has 3 N–H and O–H groups in total. The number of benzene rings is 3. The molecule has 1 amide bonds. The van der Waals surface area contributed by atoms with E-state index >= 15 is 0 Å². The van der Waals surface area contributed by atoms with Crippen LogP contribution in [-0.4, -0.2) is 59.0 Å². The van der Waals surface area contributed by atoms with Crippen molar-refractivity contribution in [3.05, 3.63) is 101 Å². The van der Waals surface area contributed by atoms with Crippen molar-refractivity contribution in [2.45, 2.75) is 25.2 Å². The maximum Gasteiger partial charge on any atom is 0.311 e. The molecule has 1 saturated heterocycles. The number of hydrogen-bond acceptors (Lipinski definition) is 7. The van der Waals surface area contributed by atoms with Crippen LogP contribution in [0, 0.1) is 18.6 Å². The third kappa shape index (κ3) is 8.40. The molecule has 43 heavy (non-hydrogen) atoms. The molecular formula is C31H32F2N4O5S. The Hall–Kier alpha value is -4.26. The molecule has 226 valence electrons. The lowest BCUT2D eigenvalue weighted by molar-refractivity contribution is -0.142. The number of aliphatic imine (C=N–C) groups is 1. The zero-order valence-corrected chi connectivity index (χ0v) is 24.6. The summed E-state index contributed by atoms with van der Waals surface area (Å²) in [4.78, 5) is 31.5. The summed E-state index contributed by atoms with van der Waals surface area (Å²) in [5.74, 6) is -2.38. The predicted octanol–water partition coefficient (Wildman–Crippen LogP) is 4.55. The largest absolute Gasteiger partial charge is 0.466 e. The average Bonchev–Trinajstić information content (AvgIpc) is 2.99. The fraction of sp³-hybridized carbons (Fsp3) is 0.258. The minimum atomic E-state index is -1.49. The SMILES string of the molecule is CCOC(=O)CC(N)=C(C(=O)Nc1ccc(C)c(S(=O)N2CCOCC2)c1)C(=Nc1ccc(F)cc1)c1ccc(F)cc1. The minimum Gasteiger partial charge on any atom is -0.466 e. The number of nitrogens with zero attached hydrogens (tertiary/aromatic N) is 2. The lowest BCUT2D eigenvalue weighted by atomic mass is 9.98. The Labute approximate surface area is 251 Å². The van der Waals surface area contributed by atoms with E-state index < -0.39 is 40.9 Å². The molecule has 4 rings (SSSR count). The molecular weight excluding hydrogens is 578 g/mol. The Morgan fingerprint density at radius 1 is 1.02 bits per heavy atom. The molecule has 1 unspecified atom stereocenters. The number of amides is 1. The first-order chi connectivity index (χ1) is 20.7. The Bertz CT molecular complexity index is 1550. The Kier molecular flexibility index (Phi) is 10.9. The zero-order valence-electron chi connectivity index (χ0n) is 23.8. The van der Waals surface area contributed by atoms with Crippen LogP contribution in [0.3, 0.4) is 0 Å². The number of aryl methyl sites for hydroxylation is 1. The second-order valence-electron chi connectivity index (χ2n) is 9.55. The fourth-order valence-electron chi connectivity index (χ4n) is 4.29. The van der Waals surface area contributed by atoms with Crippen LogP contribution in [0.25, 0.3) is 0 Å². The number of esters is 1. The van der Waals surface area contributed by atoms with Crippen molar-refractivity contribution in [2.75, 3.05) is 38.2 Å². The molecule has 9 nitrogen and oxygen atoms in total.